The van der Waals surface area contributed by atoms with Gasteiger partial charge in [0.25, 0.3) is 0 Å². The number of rotatable bonds is 4. The highest BCUT2D eigenvalue weighted by Gasteiger charge is 2.39. The predicted octanol–water partition coefficient (Wildman–Crippen LogP) is 6.58. The van der Waals surface area contributed by atoms with Gasteiger partial charge in [-0.1, -0.05) is 53.8 Å². The van der Waals surface area contributed by atoms with Crippen LogP contribution in [0.2, 0.25) is 0 Å². The van der Waals surface area contributed by atoms with Crippen LogP contribution in [0, 0.1) is 0 Å². The van der Waals surface area contributed by atoms with Crippen LogP contribution in [0.5, 0.6) is 11.5 Å². The van der Waals surface area contributed by atoms with E-state index in [2.05, 4.69) is 15.4 Å². The van der Waals surface area contributed by atoms with Gasteiger partial charge in [-0.25, -0.2) is 9.78 Å². The largest absolute Gasteiger partial charge is 0.457 e. The number of benzene rings is 3. The number of urea groups is 1. The van der Waals surface area contributed by atoms with E-state index in [9.17, 15) is 18.0 Å². The number of anilines is 1. The lowest BCUT2D eigenvalue weighted by molar-refractivity contribution is -0.0578. The number of nitrogens with one attached hydrogen (secondary N) is 1. The van der Waals surface area contributed by atoms with Crippen molar-refractivity contribution in [2.75, 3.05) is 5.01 Å². The molecular weight excluding hydrogens is 465 g/mol. The molecule has 1 aliphatic heterocycles. The zero-order chi connectivity index (χ0) is 23.7. The summed E-state index contributed by atoms with van der Waals surface area (Å²) in [6.45, 7) is 0. The number of allylic oxidation sites excluding steroid dienone is 1. The summed E-state index contributed by atoms with van der Waals surface area (Å²) in [5.74, 6) is 0.770. The number of carbonyl (C=O) groups excluding carboxylic acids is 1. The summed E-state index contributed by atoms with van der Waals surface area (Å²) in [4.78, 5) is 17.3. The third kappa shape index (κ3) is 4.35. The summed E-state index contributed by atoms with van der Waals surface area (Å²) in [6, 6.07) is 21.4. The van der Waals surface area contributed by atoms with Crippen molar-refractivity contribution in [3.8, 4) is 11.5 Å². The number of aromatic nitrogens is 1. The van der Waals surface area contributed by atoms with E-state index >= 15 is 0 Å². The van der Waals surface area contributed by atoms with Crippen LogP contribution in [-0.2, 0) is 0 Å². The number of nitrogens with zero attached hydrogens (tertiary/aromatic N) is 3. The van der Waals surface area contributed by atoms with E-state index in [4.69, 9.17) is 4.74 Å². The van der Waals surface area contributed by atoms with Gasteiger partial charge in [0.1, 0.15) is 11.5 Å². The number of amides is 2. The maximum atomic E-state index is 13.9. The predicted molar refractivity (Wildman–Crippen MR) is 125 cm³/mol. The van der Waals surface area contributed by atoms with Crippen LogP contribution in [0.3, 0.4) is 0 Å². The van der Waals surface area contributed by atoms with Crippen molar-refractivity contribution in [1.82, 2.24) is 10.3 Å². The first kappa shape index (κ1) is 21.7. The molecule has 4 aromatic rings. The molecule has 3 aromatic carbocycles. The Balaban J connectivity index is 1.56. The Morgan fingerprint density at radius 1 is 0.912 bits per heavy atom. The van der Waals surface area contributed by atoms with Crippen LogP contribution in [0.4, 0.5) is 23.1 Å². The van der Waals surface area contributed by atoms with E-state index in [0.29, 0.717) is 21.0 Å². The van der Waals surface area contributed by atoms with Crippen LogP contribution in [0.15, 0.2) is 90.0 Å². The van der Waals surface area contributed by atoms with Gasteiger partial charge in [-0.15, -0.1) is 0 Å². The molecule has 5 rings (SSSR count). The monoisotopic (exact) mass is 480 g/mol. The number of para-hydroxylation sites is 3. The summed E-state index contributed by atoms with van der Waals surface area (Å²) in [6.07, 6.45) is -4.03. The van der Waals surface area contributed by atoms with Crippen molar-refractivity contribution in [3.05, 3.63) is 90.5 Å². The number of carbonyl (C=O) groups is 1. The number of alkyl halides is 3. The fourth-order valence-corrected chi connectivity index (χ4v) is 4.20. The minimum absolute atomic E-state index is 0.0175. The Morgan fingerprint density at radius 3 is 2.38 bits per heavy atom. The average molecular weight is 480 g/mol. The summed E-state index contributed by atoms with van der Waals surface area (Å²) in [7, 11) is 0. The van der Waals surface area contributed by atoms with E-state index in [1.807, 2.05) is 6.07 Å². The third-order valence-corrected chi connectivity index (χ3v) is 5.84. The van der Waals surface area contributed by atoms with Gasteiger partial charge in [0.15, 0.2) is 5.71 Å². The van der Waals surface area contributed by atoms with Crippen molar-refractivity contribution in [2.24, 2.45) is 5.10 Å². The molecule has 1 N–H and O–H groups in total. The lowest BCUT2D eigenvalue weighted by Gasteiger charge is -2.16. The summed E-state index contributed by atoms with van der Waals surface area (Å²) < 4.78 is 48.3. The number of ether oxygens (including phenoxy) is 1. The molecule has 0 fully saturated rings. The third-order valence-electron chi connectivity index (χ3n) is 4.83. The minimum Gasteiger partial charge on any atom is -0.457 e. The second-order valence-electron chi connectivity index (χ2n) is 7.16. The van der Waals surface area contributed by atoms with Crippen molar-refractivity contribution in [2.45, 2.75) is 6.18 Å². The molecule has 0 spiro atoms. The Labute approximate surface area is 195 Å². The Kier molecular flexibility index (Phi) is 5.50. The summed E-state index contributed by atoms with van der Waals surface area (Å²) in [5.41, 5.74) is -0.535. The van der Waals surface area contributed by atoms with Gasteiger partial charge in [-0.2, -0.15) is 23.3 Å². The van der Waals surface area contributed by atoms with Crippen LogP contribution in [0.1, 0.15) is 5.56 Å². The highest BCUT2D eigenvalue weighted by molar-refractivity contribution is 7.22. The fraction of sp³-hybridized carbons (Fsp3) is 0.0417. The molecule has 0 atom stereocenters. The number of hydrogen-bond acceptors (Lipinski definition) is 5. The van der Waals surface area contributed by atoms with Gasteiger partial charge in [-0.3, -0.25) is 0 Å². The zero-order valence-corrected chi connectivity index (χ0v) is 18.1. The van der Waals surface area contributed by atoms with Gasteiger partial charge in [0, 0.05) is 5.56 Å². The molecule has 0 saturated carbocycles. The molecule has 2 heterocycles. The minimum atomic E-state index is -4.82. The maximum absolute atomic E-state index is 13.9. The number of thiazole rings is 1. The molecule has 2 amide bonds. The standard InChI is InChI=1S/C24H15F3N4O2S/c25-24(26,27)21-14-18(16-10-4-6-12-19(16)33-15-8-2-1-3-9-15)28-22(32)31(30-21)23-29-17-11-5-7-13-20(17)34-23/h1-14H,(H,28,32). The second-order valence-corrected chi connectivity index (χ2v) is 8.17. The van der Waals surface area contributed by atoms with Crippen LogP contribution in [-0.4, -0.2) is 22.9 Å². The van der Waals surface area contributed by atoms with Gasteiger partial charge >= 0.3 is 12.2 Å². The summed E-state index contributed by atoms with van der Waals surface area (Å²) >= 11 is 1.06. The van der Waals surface area contributed by atoms with Gasteiger partial charge in [0.05, 0.1) is 15.9 Å². The van der Waals surface area contributed by atoms with E-state index in [1.54, 1.807) is 72.8 Å². The van der Waals surface area contributed by atoms with E-state index in [-0.39, 0.29) is 22.1 Å². The molecule has 6 nitrogen and oxygen atoms in total. The van der Waals surface area contributed by atoms with Gasteiger partial charge in [-0.05, 0) is 42.5 Å². The highest BCUT2D eigenvalue weighted by atomic mass is 32.1. The Bertz CT molecular complexity index is 1400. The Morgan fingerprint density at radius 2 is 1.62 bits per heavy atom. The van der Waals surface area contributed by atoms with Gasteiger partial charge in [0.2, 0.25) is 5.13 Å². The molecule has 0 aliphatic carbocycles. The Hall–Kier alpha value is -4.18. The number of hydrazone groups is 1. The molecule has 0 bridgehead atoms. The lowest BCUT2D eigenvalue weighted by Crippen LogP contribution is -2.35. The lowest BCUT2D eigenvalue weighted by atomic mass is 10.1. The summed E-state index contributed by atoms with van der Waals surface area (Å²) in [5, 5.41) is 6.82. The molecule has 1 aliphatic rings. The van der Waals surface area contributed by atoms with Gasteiger partial charge < -0.3 is 10.1 Å². The normalized spacial score (nSPS) is 14.3. The molecule has 34 heavy (non-hydrogen) atoms. The van der Waals surface area contributed by atoms with E-state index in [0.717, 1.165) is 17.4 Å². The molecule has 1 aromatic heterocycles. The molecule has 0 saturated heterocycles. The fourth-order valence-electron chi connectivity index (χ4n) is 3.28. The zero-order valence-electron chi connectivity index (χ0n) is 17.3. The van der Waals surface area contributed by atoms with Crippen molar-refractivity contribution >= 4 is 44.1 Å². The van der Waals surface area contributed by atoms with Crippen LogP contribution >= 0.6 is 11.3 Å². The van der Waals surface area contributed by atoms with E-state index in [1.165, 1.54) is 0 Å². The number of fused-ring (bicyclic) bond motifs is 1. The van der Waals surface area contributed by atoms with Crippen LogP contribution < -0.4 is 15.1 Å². The van der Waals surface area contributed by atoms with Crippen molar-refractivity contribution in [3.63, 3.8) is 0 Å². The molecule has 10 heteroatoms. The quantitative estimate of drug-likeness (QED) is 0.359. The molecule has 0 radical (unpaired) electrons. The first-order valence-corrected chi connectivity index (χ1v) is 10.9. The number of halogens is 3. The van der Waals surface area contributed by atoms with Crippen molar-refractivity contribution in [1.29, 1.82) is 0 Å². The maximum Gasteiger partial charge on any atom is 0.435 e. The smallest absolute Gasteiger partial charge is 0.435 e. The molecule has 170 valence electrons. The number of hydrogen-bond donors (Lipinski definition) is 1. The topological polar surface area (TPSA) is 66.8 Å². The highest BCUT2D eigenvalue weighted by Crippen LogP contribution is 2.34. The molecular formula is C24H15F3N4O2S. The second kappa shape index (κ2) is 8.64. The first-order valence-electron chi connectivity index (χ1n) is 10.0. The van der Waals surface area contributed by atoms with E-state index < -0.39 is 17.9 Å². The molecule has 0 unspecified atom stereocenters. The van der Waals surface area contributed by atoms with Crippen LogP contribution in [0.25, 0.3) is 15.9 Å². The average Bonchev–Trinajstić information content (AvgIpc) is 3.16. The van der Waals surface area contributed by atoms with Crippen molar-refractivity contribution < 1.29 is 22.7 Å². The SMILES string of the molecule is O=C1NC(c2ccccc2Oc2ccccc2)=CC(C(F)(F)F)=NN1c1nc2ccccc2s1. The first-order chi connectivity index (χ1) is 16.4.